The fraction of sp³-hybridized carbons (Fsp3) is 0.194. The van der Waals surface area contributed by atoms with Crippen LogP contribution in [0.1, 0.15) is 52.4 Å². The minimum absolute atomic E-state index is 0.0280. The number of ether oxygens (including phenoxy) is 1. The Hall–Kier alpha value is -5.82. The minimum atomic E-state index is -4.27. The molecule has 0 unspecified atom stereocenters. The summed E-state index contributed by atoms with van der Waals surface area (Å²) in [7, 11) is -2.91. The number of benzene rings is 4. The minimum Gasteiger partial charge on any atom is -0.465 e. The first-order valence-electron chi connectivity index (χ1n) is 15.5. The van der Waals surface area contributed by atoms with Crippen molar-refractivity contribution in [3.63, 3.8) is 0 Å². The average Bonchev–Trinajstić information content (AvgIpc) is 3.63. The molecular formula is C36H33N5O7S. The second-order valence-electron chi connectivity index (χ2n) is 11.7. The molecule has 2 aliphatic rings. The molecular weight excluding hydrogens is 646 g/mol. The number of fused-ring (bicyclic) bond motifs is 3. The summed E-state index contributed by atoms with van der Waals surface area (Å²) in [5.74, 6) is -0.734. The van der Waals surface area contributed by atoms with E-state index in [1.807, 2.05) is 30.3 Å². The number of nitro groups is 1. The Morgan fingerprint density at radius 2 is 1.73 bits per heavy atom. The number of methoxy groups -OCH3 is 1. The second-order valence-corrected chi connectivity index (χ2v) is 13.6. The Labute approximate surface area is 283 Å². The number of amides is 1. The largest absolute Gasteiger partial charge is 0.465 e. The molecule has 1 aliphatic carbocycles. The summed E-state index contributed by atoms with van der Waals surface area (Å²) in [6.45, 7) is 1.07. The van der Waals surface area contributed by atoms with Gasteiger partial charge in [0.15, 0.2) is 0 Å². The lowest BCUT2D eigenvalue weighted by Crippen LogP contribution is -2.39. The number of nitrogens with one attached hydrogen (secondary N) is 2. The van der Waals surface area contributed by atoms with Crippen molar-refractivity contribution in [2.24, 2.45) is 11.0 Å². The van der Waals surface area contributed by atoms with Gasteiger partial charge in [0.25, 0.3) is 21.6 Å². The van der Waals surface area contributed by atoms with E-state index >= 15 is 0 Å². The molecule has 12 nitrogen and oxygen atoms in total. The van der Waals surface area contributed by atoms with E-state index in [0.717, 1.165) is 39.2 Å². The number of nitro benzene ring substituents is 1. The normalized spacial score (nSPS) is 18.1. The molecule has 0 saturated carbocycles. The van der Waals surface area contributed by atoms with Gasteiger partial charge in [-0.25, -0.2) is 18.6 Å². The van der Waals surface area contributed by atoms with E-state index in [9.17, 15) is 28.1 Å². The van der Waals surface area contributed by atoms with Gasteiger partial charge in [-0.3, -0.25) is 19.2 Å². The molecule has 3 atom stereocenters. The lowest BCUT2D eigenvalue weighted by Gasteiger charge is -2.37. The molecule has 4 aromatic rings. The maximum atomic E-state index is 13.6. The quantitative estimate of drug-likeness (QED) is 0.0684. The Morgan fingerprint density at radius 3 is 2.45 bits per heavy atom. The molecule has 1 amide bonds. The number of non-ortho nitro benzene ring substituents is 1. The van der Waals surface area contributed by atoms with Crippen LogP contribution in [0.2, 0.25) is 0 Å². The smallest absolute Gasteiger partial charge is 0.337 e. The van der Waals surface area contributed by atoms with Crippen molar-refractivity contribution in [3.05, 3.63) is 142 Å². The summed E-state index contributed by atoms with van der Waals surface area (Å²) >= 11 is 0. The molecule has 0 radical (unpaired) electrons. The Morgan fingerprint density at radius 1 is 1.00 bits per heavy atom. The highest BCUT2D eigenvalue weighted by Gasteiger charge is 2.38. The number of nitrogens with zero attached hydrogens (tertiary/aromatic N) is 3. The standard InChI is InChI=1S/C36H33N5O7S/c1-23(38-39-34(42)22-40(27-8-6-9-28(21-27)41(44)45)49(46,47)29-10-4-3-5-11-29)26-18-19-33-32(20-26)30-12-7-13-31(30)35(37-33)24-14-16-25(17-15-24)36(43)48-2/h3-12,14-21,30-31,35,37H,13,22H2,1-2H3,(H,39,42)/b38-23-/t30-,31+,35+/m1/s1. The third-order valence-corrected chi connectivity index (χ3v) is 10.6. The first-order valence-corrected chi connectivity index (χ1v) is 16.9. The highest BCUT2D eigenvalue weighted by molar-refractivity contribution is 7.92. The number of esters is 1. The summed E-state index contributed by atoms with van der Waals surface area (Å²) in [6.07, 6.45) is 5.25. The average molecular weight is 680 g/mol. The number of carbonyl (C=O) groups is 2. The third kappa shape index (κ3) is 6.79. The van der Waals surface area contributed by atoms with E-state index in [4.69, 9.17) is 4.74 Å². The summed E-state index contributed by atoms with van der Waals surface area (Å²) in [6, 6.07) is 26.0. The fourth-order valence-electron chi connectivity index (χ4n) is 6.27. The van der Waals surface area contributed by atoms with Gasteiger partial charge in [0.05, 0.1) is 39.9 Å². The van der Waals surface area contributed by atoms with Crippen molar-refractivity contribution in [1.82, 2.24) is 5.43 Å². The van der Waals surface area contributed by atoms with Gasteiger partial charge in [-0.15, -0.1) is 0 Å². The van der Waals surface area contributed by atoms with Crippen molar-refractivity contribution in [2.45, 2.75) is 30.2 Å². The lowest BCUT2D eigenvalue weighted by molar-refractivity contribution is -0.384. The molecule has 0 saturated heterocycles. The predicted octanol–water partition coefficient (Wildman–Crippen LogP) is 5.94. The van der Waals surface area contributed by atoms with Crippen LogP contribution in [0, 0.1) is 16.0 Å². The zero-order valence-electron chi connectivity index (χ0n) is 26.6. The summed E-state index contributed by atoms with van der Waals surface area (Å²) in [5.41, 5.74) is 6.99. The van der Waals surface area contributed by atoms with Crippen molar-refractivity contribution >= 4 is 44.7 Å². The van der Waals surface area contributed by atoms with E-state index in [0.29, 0.717) is 11.3 Å². The van der Waals surface area contributed by atoms with Crippen LogP contribution < -0.4 is 15.0 Å². The highest BCUT2D eigenvalue weighted by Crippen LogP contribution is 2.50. The number of hydrogen-bond donors (Lipinski definition) is 2. The summed E-state index contributed by atoms with van der Waals surface area (Å²) < 4.78 is 32.9. The van der Waals surface area contributed by atoms with E-state index in [1.165, 1.54) is 37.4 Å². The molecule has 4 aromatic carbocycles. The van der Waals surface area contributed by atoms with Crippen LogP contribution in [0.25, 0.3) is 0 Å². The van der Waals surface area contributed by atoms with Crippen LogP contribution in [0.15, 0.2) is 119 Å². The number of hydrazone groups is 1. The summed E-state index contributed by atoms with van der Waals surface area (Å²) in [5, 5.41) is 19.4. The Bertz CT molecular complexity index is 2080. The maximum Gasteiger partial charge on any atom is 0.337 e. The van der Waals surface area contributed by atoms with Gasteiger partial charge in [0, 0.05) is 23.7 Å². The van der Waals surface area contributed by atoms with E-state index in [-0.39, 0.29) is 40.1 Å². The SMILES string of the molecule is COC(=O)c1ccc([C@@H]2Nc3ccc(/C(C)=N\NC(=O)CN(c4cccc([N+](=O)[O-])c4)S(=O)(=O)c4ccccc4)cc3[C@@H]3C=CC[C@@H]32)cc1. The topological polar surface area (TPSA) is 160 Å². The van der Waals surface area contributed by atoms with Gasteiger partial charge in [-0.1, -0.05) is 54.6 Å². The van der Waals surface area contributed by atoms with Crippen molar-refractivity contribution < 1.29 is 27.7 Å². The van der Waals surface area contributed by atoms with Gasteiger partial charge < -0.3 is 10.1 Å². The number of carbonyl (C=O) groups excluding carboxylic acids is 2. The van der Waals surface area contributed by atoms with Crippen molar-refractivity contribution in [2.75, 3.05) is 23.3 Å². The molecule has 2 N–H and O–H groups in total. The molecule has 1 heterocycles. The van der Waals surface area contributed by atoms with Gasteiger partial charge in [-0.2, -0.15) is 5.10 Å². The van der Waals surface area contributed by atoms with Gasteiger partial charge in [0.2, 0.25) is 0 Å². The highest BCUT2D eigenvalue weighted by atomic mass is 32.2. The third-order valence-electron chi connectivity index (χ3n) is 8.77. The van der Waals surface area contributed by atoms with Crippen molar-refractivity contribution in [1.29, 1.82) is 0 Å². The monoisotopic (exact) mass is 679 g/mol. The number of allylic oxidation sites excluding steroid dienone is 2. The second kappa shape index (κ2) is 13.7. The molecule has 0 fully saturated rings. The molecule has 49 heavy (non-hydrogen) atoms. The van der Waals surface area contributed by atoms with E-state index in [1.54, 1.807) is 37.3 Å². The van der Waals surface area contributed by atoms with Gasteiger partial charge in [-0.05, 0) is 78.4 Å². The van der Waals surface area contributed by atoms with Gasteiger partial charge >= 0.3 is 5.97 Å². The van der Waals surface area contributed by atoms with Gasteiger partial charge in [0.1, 0.15) is 6.54 Å². The first-order chi connectivity index (χ1) is 23.6. The zero-order chi connectivity index (χ0) is 34.7. The molecule has 0 spiro atoms. The zero-order valence-corrected chi connectivity index (χ0v) is 27.5. The number of sulfonamides is 1. The first kappa shape index (κ1) is 33.1. The molecule has 13 heteroatoms. The number of hydrogen-bond acceptors (Lipinski definition) is 9. The molecule has 0 aromatic heterocycles. The lowest BCUT2D eigenvalue weighted by atomic mass is 9.76. The van der Waals surface area contributed by atoms with E-state index in [2.05, 4.69) is 28.0 Å². The molecule has 6 rings (SSSR count). The van der Waals surface area contributed by atoms with E-state index < -0.39 is 27.4 Å². The molecule has 250 valence electrons. The summed E-state index contributed by atoms with van der Waals surface area (Å²) in [4.78, 5) is 35.8. The maximum absolute atomic E-state index is 13.6. The molecule has 0 bridgehead atoms. The number of rotatable bonds is 10. The van der Waals surface area contributed by atoms with Crippen LogP contribution in [0.4, 0.5) is 17.1 Å². The predicted molar refractivity (Wildman–Crippen MR) is 185 cm³/mol. The number of anilines is 2. The van der Waals surface area contributed by atoms with Crippen LogP contribution in [-0.4, -0.2) is 44.6 Å². The fourth-order valence-corrected chi connectivity index (χ4v) is 7.70. The van der Waals surface area contributed by atoms with Crippen molar-refractivity contribution in [3.8, 4) is 0 Å². The van der Waals surface area contributed by atoms with Crippen LogP contribution in [0.3, 0.4) is 0 Å². The Balaban J connectivity index is 1.21. The van der Waals surface area contributed by atoms with Crippen LogP contribution in [-0.2, 0) is 19.6 Å². The Kier molecular flexibility index (Phi) is 9.27. The van der Waals surface area contributed by atoms with Crippen LogP contribution >= 0.6 is 0 Å². The van der Waals surface area contributed by atoms with Crippen LogP contribution in [0.5, 0.6) is 0 Å². The molecule has 1 aliphatic heterocycles.